The lowest BCUT2D eigenvalue weighted by atomic mass is 10.2. The van der Waals surface area contributed by atoms with Gasteiger partial charge in [0.2, 0.25) is 0 Å². The highest BCUT2D eigenvalue weighted by molar-refractivity contribution is 7.15. The maximum absolute atomic E-state index is 5.28. The van der Waals surface area contributed by atoms with E-state index in [0.717, 1.165) is 24.8 Å². The fourth-order valence-electron chi connectivity index (χ4n) is 2.40. The van der Waals surface area contributed by atoms with Gasteiger partial charge in [0, 0.05) is 31.0 Å². The SMILES string of the molecule is CCN(c1nc(C2CC2)c(CNC)s1)C(C)COC. The summed E-state index contributed by atoms with van der Waals surface area (Å²) in [6, 6.07) is 0.371. The van der Waals surface area contributed by atoms with Gasteiger partial charge in [-0.1, -0.05) is 0 Å². The van der Waals surface area contributed by atoms with E-state index in [1.165, 1.54) is 23.4 Å². The lowest BCUT2D eigenvalue weighted by Gasteiger charge is -2.26. The molecule has 1 unspecified atom stereocenters. The number of rotatable bonds is 8. The summed E-state index contributed by atoms with van der Waals surface area (Å²) in [4.78, 5) is 8.67. The number of methoxy groups -OCH3 is 1. The first-order chi connectivity index (χ1) is 9.21. The van der Waals surface area contributed by atoms with E-state index in [2.05, 4.69) is 24.1 Å². The van der Waals surface area contributed by atoms with Crippen LogP contribution in [0.3, 0.4) is 0 Å². The van der Waals surface area contributed by atoms with Gasteiger partial charge in [-0.3, -0.25) is 0 Å². The average Bonchev–Trinajstić information content (AvgIpc) is 3.14. The molecule has 1 aliphatic carbocycles. The zero-order valence-corrected chi connectivity index (χ0v) is 13.2. The van der Waals surface area contributed by atoms with Crippen LogP contribution in [0.15, 0.2) is 0 Å². The summed E-state index contributed by atoms with van der Waals surface area (Å²) in [7, 11) is 3.76. The molecule has 2 rings (SSSR count). The van der Waals surface area contributed by atoms with Crippen LogP contribution >= 0.6 is 11.3 Å². The molecule has 0 amide bonds. The van der Waals surface area contributed by atoms with Gasteiger partial charge in [0.1, 0.15) is 0 Å². The molecule has 1 aromatic heterocycles. The second kappa shape index (κ2) is 6.68. The van der Waals surface area contributed by atoms with Gasteiger partial charge in [-0.15, -0.1) is 11.3 Å². The molecule has 0 aliphatic heterocycles. The van der Waals surface area contributed by atoms with E-state index < -0.39 is 0 Å². The van der Waals surface area contributed by atoms with Gasteiger partial charge in [0.15, 0.2) is 5.13 Å². The normalized spacial score (nSPS) is 16.6. The molecule has 0 aromatic carbocycles. The van der Waals surface area contributed by atoms with Gasteiger partial charge in [0.25, 0.3) is 0 Å². The number of thiazole rings is 1. The highest BCUT2D eigenvalue weighted by Crippen LogP contribution is 2.44. The Morgan fingerprint density at radius 2 is 2.26 bits per heavy atom. The van der Waals surface area contributed by atoms with E-state index in [-0.39, 0.29) is 0 Å². The summed E-state index contributed by atoms with van der Waals surface area (Å²) in [5.41, 5.74) is 1.33. The smallest absolute Gasteiger partial charge is 0.186 e. The molecule has 1 fully saturated rings. The molecule has 1 heterocycles. The standard InChI is InChI=1S/C14H25N3OS/c1-5-17(10(2)9-18-4)14-16-13(11-6-7-11)12(19-14)8-15-3/h10-11,15H,5-9H2,1-4H3. The Labute approximate surface area is 120 Å². The number of nitrogens with one attached hydrogen (secondary N) is 1. The number of nitrogens with zero attached hydrogens (tertiary/aromatic N) is 2. The molecule has 1 aromatic rings. The molecule has 0 radical (unpaired) electrons. The quantitative estimate of drug-likeness (QED) is 0.796. The fourth-order valence-corrected chi connectivity index (χ4v) is 3.73. The van der Waals surface area contributed by atoms with Crippen molar-refractivity contribution in [2.24, 2.45) is 0 Å². The minimum absolute atomic E-state index is 0.371. The highest BCUT2D eigenvalue weighted by atomic mass is 32.1. The average molecular weight is 283 g/mol. The third-order valence-electron chi connectivity index (χ3n) is 3.54. The van der Waals surface area contributed by atoms with Crippen LogP contribution in [0, 0.1) is 0 Å². The van der Waals surface area contributed by atoms with Crippen LogP contribution in [0.4, 0.5) is 5.13 Å². The number of likely N-dealkylation sites (N-methyl/N-ethyl adjacent to an activating group) is 1. The van der Waals surface area contributed by atoms with Crippen LogP contribution in [-0.4, -0.2) is 38.3 Å². The van der Waals surface area contributed by atoms with Crippen molar-refractivity contribution in [3.63, 3.8) is 0 Å². The first kappa shape index (κ1) is 14.8. The van der Waals surface area contributed by atoms with Crippen molar-refractivity contribution in [1.82, 2.24) is 10.3 Å². The summed E-state index contributed by atoms with van der Waals surface area (Å²) in [6.07, 6.45) is 2.61. The largest absolute Gasteiger partial charge is 0.383 e. The number of hydrogen-bond acceptors (Lipinski definition) is 5. The van der Waals surface area contributed by atoms with E-state index in [9.17, 15) is 0 Å². The number of hydrogen-bond donors (Lipinski definition) is 1. The number of anilines is 1. The lowest BCUT2D eigenvalue weighted by molar-refractivity contribution is 0.182. The molecule has 5 heteroatoms. The number of ether oxygens (including phenoxy) is 1. The Balaban J connectivity index is 2.19. The Hall–Kier alpha value is -0.650. The predicted octanol–water partition coefficient (Wildman–Crippen LogP) is 2.60. The van der Waals surface area contributed by atoms with Crippen molar-refractivity contribution in [3.8, 4) is 0 Å². The maximum Gasteiger partial charge on any atom is 0.186 e. The molecule has 4 nitrogen and oxygen atoms in total. The van der Waals surface area contributed by atoms with E-state index in [4.69, 9.17) is 9.72 Å². The molecular weight excluding hydrogens is 258 g/mol. The third-order valence-corrected chi connectivity index (χ3v) is 4.65. The van der Waals surface area contributed by atoms with Crippen LogP contribution in [0.5, 0.6) is 0 Å². The molecule has 1 saturated carbocycles. The van der Waals surface area contributed by atoms with Crippen molar-refractivity contribution >= 4 is 16.5 Å². The van der Waals surface area contributed by atoms with Crippen molar-refractivity contribution in [3.05, 3.63) is 10.6 Å². The predicted molar refractivity (Wildman–Crippen MR) is 81.2 cm³/mol. The lowest BCUT2D eigenvalue weighted by Crippen LogP contribution is -2.36. The van der Waals surface area contributed by atoms with Crippen LogP contribution in [-0.2, 0) is 11.3 Å². The van der Waals surface area contributed by atoms with Crippen molar-refractivity contribution in [1.29, 1.82) is 0 Å². The Kier molecular flexibility index (Phi) is 5.19. The van der Waals surface area contributed by atoms with Crippen molar-refractivity contribution in [2.75, 3.05) is 32.2 Å². The Morgan fingerprint density at radius 3 is 2.79 bits per heavy atom. The summed E-state index contributed by atoms with van der Waals surface area (Å²) < 4.78 is 5.28. The topological polar surface area (TPSA) is 37.4 Å². The van der Waals surface area contributed by atoms with Crippen molar-refractivity contribution in [2.45, 2.75) is 45.2 Å². The highest BCUT2D eigenvalue weighted by Gasteiger charge is 2.30. The van der Waals surface area contributed by atoms with Crippen LogP contribution in [0.2, 0.25) is 0 Å². The van der Waals surface area contributed by atoms with Gasteiger partial charge in [-0.25, -0.2) is 4.98 Å². The number of aromatic nitrogens is 1. The zero-order chi connectivity index (χ0) is 13.8. The minimum Gasteiger partial charge on any atom is -0.383 e. The Morgan fingerprint density at radius 1 is 1.53 bits per heavy atom. The third kappa shape index (κ3) is 3.46. The molecule has 1 aliphatic rings. The molecular formula is C14H25N3OS. The van der Waals surface area contributed by atoms with E-state index in [0.29, 0.717) is 12.0 Å². The van der Waals surface area contributed by atoms with E-state index >= 15 is 0 Å². The van der Waals surface area contributed by atoms with Gasteiger partial charge >= 0.3 is 0 Å². The first-order valence-corrected chi connectivity index (χ1v) is 7.92. The van der Waals surface area contributed by atoms with Gasteiger partial charge < -0.3 is 15.0 Å². The molecule has 0 saturated heterocycles. The molecule has 0 bridgehead atoms. The van der Waals surface area contributed by atoms with E-state index in [1.54, 1.807) is 7.11 Å². The Bertz CT molecular complexity index is 403. The summed E-state index contributed by atoms with van der Waals surface area (Å²) in [5, 5.41) is 4.41. The summed E-state index contributed by atoms with van der Waals surface area (Å²) in [6.45, 7) is 7.03. The summed E-state index contributed by atoms with van der Waals surface area (Å²) in [5.74, 6) is 0.713. The van der Waals surface area contributed by atoms with Crippen LogP contribution in [0.25, 0.3) is 0 Å². The second-order valence-corrected chi connectivity index (χ2v) is 6.26. The molecule has 1 N–H and O–H groups in total. The molecule has 108 valence electrons. The summed E-state index contributed by atoms with van der Waals surface area (Å²) >= 11 is 1.84. The molecule has 1 atom stereocenters. The van der Waals surface area contributed by atoms with Gasteiger partial charge in [-0.2, -0.15) is 0 Å². The van der Waals surface area contributed by atoms with Crippen molar-refractivity contribution < 1.29 is 4.74 Å². The zero-order valence-electron chi connectivity index (χ0n) is 12.4. The maximum atomic E-state index is 5.28. The van der Waals surface area contributed by atoms with Crippen LogP contribution < -0.4 is 10.2 Å². The monoisotopic (exact) mass is 283 g/mol. The van der Waals surface area contributed by atoms with E-state index in [1.807, 2.05) is 18.4 Å². The second-order valence-electron chi connectivity index (χ2n) is 5.20. The van der Waals surface area contributed by atoms with Gasteiger partial charge in [0.05, 0.1) is 18.3 Å². The first-order valence-electron chi connectivity index (χ1n) is 7.11. The van der Waals surface area contributed by atoms with Gasteiger partial charge in [-0.05, 0) is 33.7 Å². The molecule has 19 heavy (non-hydrogen) atoms. The minimum atomic E-state index is 0.371. The fraction of sp³-hybridized carbons (Fsp3) is 0.786. The van der Waals surface area contributed by atoms with Crippen LogP contribution in [0.1, 0.15) is 43.2 Å². The molecule has 0 spiro atoms.